The second-order valence-corrected chi connectivity index (χ2v) is 5.77. The van der Waals surface area contributed by atoms with E-state index < -0.39 is 0 Å². The minimum atomic E-state index is 0.564. The van der Waals surface area contributed by atoms with E-state index in [4.69, 9.17) is 21.1 Å². The maximum atomic E-state index is 5.92. The van der Waals surface area contributed by atoms with Crippen molar-refractivity contribution in [3.05, 3.63) is 29.3 Å². The van der Waals surface area contributed by atoms with Gasteiger partial charge in [-0.25, -0.2) is 0 Å². The summed E-state index contributed by atoms with van der Waals surface area (Å²) in [6.07, 6.45) is 1.15. The van der Waals surface area contributed by atoms with Crippen molar-refractivity contribution in [2.45, 2.75) is 6.42 Å². The first-order valence-electron chi connectivity index (χ1n) is 7.56. The molecule has 1 aromatic carbocycles. The lowest BCUT2D eigenvalue weighted by molar-refractivity contribution is 0.157. The summed E-state index contributed by atoms with van der Waals surface area (Å²) < 4.78 is 10.9. The summed E-state index contributed by atoms with van der Waals surface area (Å²) in [6, 6.07) is 7.42. The summed E-state index contributed by atoms with van der Waals surface area (Å²) >= 11 is 5.92. The zero-order chi connectivity index (χ0) is 15.8. The lowest BCUT2D eigenvalue weighted by Crippen LogP contribution is -2.41. The van der Waals surface area contributed by atoms with Gasteiger partial charge in [0.25, 0.3) is 0 Å². The Morgan fingerprint density at radius 2 is 2.36 bits per heavy atom. The van der Waals surface area contributed by atoms with Gasteiger partial charge in [-0.2, -0.15) is 0 Å². The summed E-state index contributed by atoms with van der Waals surface area (Å²) in [6.45, 7) is 4.08. The molecule has 0 bridgehead atoms. The fourth-order valence-electron chi connectivity index (χ4n) is 2.62. The van der Waals surface area contributed by atoms with E-state index in [1.54, 1.807) is 7.11 Å². The Kier molecular flexibility index (Phi) is 6.80. The number of nitrogens with one attached hydrogen (secondary N) is 1. The lowest BCUT2D eigenvalue weighted by atomic mass is 10.1. The number of halogens is 1. The van der Waals surface area contributed by atoms with Crippen molar-refractivity contribution in [1.82, 2.24) is 10.2 Å². The third-order valence-electron chi connectivity index (χ3n) is 3.65. The van der Waals surface area contributed by atoms with Crippen LogP contribution in [0.4, 0.5) is 0 Å². The van der Waals surface area contributed by atoms with Gasteiger partial charge in [-0.15, -0.1) is 0 Å². The average molecular weight is 326 g/mol. The first kappa shape index (κ1) is 16.9. The van der Waals surface area contributed by atoms with Crippen molar-refractivity contribution in [1.29, 1.82) is 0 Å². The minimum Gasteiger partial charge on any atom is -0.492 e. The summed E-state index contributed by atoms with van der Waals surface area (Å²) in [4.78, 5) is 6.60. The molecular weight excluding hydrogens is 302 g/mol. The Bertz CT molecular complexity index is 496. The molecule has 1 aliphatic heterocycles. The number of nitrogens with zero attached hydrogens (tertiary/aromatic N) is 2. The van der Waals surface area contributed by atoms with E-state index in [1.165, 1.54) is 0 Å². The van der Waals surface area contributed by atoms with Gasteiger partial charge in [0.15, 0.2) is 5.96 Å². The van der Waals surface area contributed by atoms with Gasteiger partial charge in [0, 0.05) is 38.2 Å². The van der Waals surface area contributed by atoms with E-state index in [1.807, 2.05) is 31.3 Å². The highest BCUT2D eigenvalue weighted by atomic mass is 35.5. The predicted molar refractivity (Wildman–Crippen MR) is 89.9 cm³/mol. The van der Waals surface area contributed by atoms with E-state index in [0.29, 0.717) is 24.1 Å². The molecule has 0 spiro atoms. The van der Waals surface area contributed by atoms with Crippen LogP contribution in [0.15, 0.2) is 29.3 Å². The second kappa shape index (κ2) is 8.86. The Morgan fingerprint density at radius 1 is 1.50 bits per heavy atom. The van der Waals surface area contributed by atoms with E-state index >= 15 is 0 Å². The molecule has 0 radical (unpaired) electrons. The van der Waals surface area contributed by atoms with Crippen molar-refractivity contribution < 1.29 is 9.47 Å². The van der Waals surface area contributed by atoms with Crippen LogP contribution in [-0.4, -0.2) is 57.9 Å². The van der Waals surface area contributed by atoms with Crippen LogP contribution in [-0.2, 0) is 4.74 Å². The van der Waals surface area contributed by atoms with Gasteiger partial charge in [-0.3, -0.25) is 4.99 Å². The molecule has 1 N–H and O–H groups in total. The van der Waals surface area contributed by atoms with Crippen molar-refractivity contribution >= 4 is 17.6 Å². The van der Waals surface area contributed by atoms with Gasteiger partial charge >= 0.3 is 0 Å². The second-order valence-electron chi connectivity index (χ2n) is 5.34. The third-order valence-corrected chi connectivity index (χ3v) is 3.88. The summed E-state index contributed by atoms with van der Waals surface area (Å²) in [5, 5.41) is 4.02. The molecule has 1 aromatic rings. The molecule has 5 nitrogen and oxygen atoms in total. The zero-order valence-corrected chi connectivity index (χ0v) is 14.0. The average Bonchev–Trinajstić information content (AvgIpc) is 2.96. The normalized spacial score (nSPS) is 18.6. The largest absolute Gasteiger partial charge is 0.492 e. The van der Waals surface area contributed by atoms with Crippen LogP contribution in [0.5, 0.6) is 5.75 Å². The van der Waals surface area contributed by atoms with Crippen LogP contribution in [0, 0.1) is 5.92 Å². The molecule has 1 unspecified atom stereocenters. The molecule has 0 aliphatic carbocycles. The van der Waals surface area contributed by atoms with Gasteiger partial charge in [0.05, 0.1) is 13.2 Å². The molecule has 122 valence electrons. The number of hydrogen-bond acceptors (Lipinski definition) is 3. The molecule has 0 saturated carbocycles. The Morgan fingerprint density at radius 3 is 3.09 bits per heavy atom. The summed E-state index contributed by atoms with van der Waals surface area (Å²) in [5.41, 5.74) is 0. The predicted octanol–water partition coefficient (Wildman–Crippen LogP) is 2.26. The number of hydrogen-bond donors (Lipinski definition) is 1. The van der Waals surface area contributed by atoms with Gasteiger partial charge in [-0.05, 0) is 24.6 Å². The van der Waals surface area contributed by atoms with Gasteiger partial charge in [0.2, 0.25) is 0 Å². The molecule has 1 aliphatic rings. The molecule has 1 heterocycles. The Hall–Kier alpha value is -1.46. The molecular formula is C16H24ClN3O2. The van der Waals surface area contributed by atoms with Crippen LogP contribution in [0.25, 0.3) is 0 Å². The minimum absolute atomic E-state index is 0.564. The van der Waals surface area contributed by atoms with Crippen molar-refractivity contribution in [3.63, 3.8) is 0 Å². The van der Waals surface area contributed by atoms with E-state index in [0.717, 1.165) is 37.8 Å². The van der Waals surface area contributed by atoms with Crippen LogP contribution in [0.1, 0.15) is 6.42 Å². The highest BCUT2D eigenvalue weighted by molar-refractivity contribution is 6.30. The molecule has 6 heteroatoms. The standard InChI is InChI=1S/C16H24ClN3O2/c1-18-16(20-8-6-13(11-20)12-21-2)19-7-9-22-15-5-3-4-14(17)10-15/h3-5,10,13H,6-9,11-12H2,1-2H3,(H,18,19). The van der Waals surface area contributed by atoms with Gasteiger partial charge in [0.1, 0.15) is 12.4 Å². The van der Waals surface area contributed by atoms with E-state index in [2.05, 4.69) is 15.2 Å². The van der Waals surface area contributed by atoms with E-state index in [-0.39, 0.29) is 0 Å². The summed E-state index contributed by atoms with van der Waals surface area (Å²) in [5.74, 6) is 2.30. The first-order valence-corrected chi connectivity index (χ1v) is 7.93. The van der Waals surface area contributed by atoms with Crippen molar-refractivity contribution in [3.8, 4) is 5.75 Å². The third kappa shape index (κ3) is 5.07. The number of rotatable bonds is 6. The number of aliphatic imine (C=N–C) groups is 1. The number of guanidine groups is 1. The van der Waals surface area contributed by atoms with Crippen LogP contribution in [0.2, 0.25) is 5.02 Å². The highest BCUT2D eigenvalue weighted by Gasteiger charge is 2.24. The van der Waals surface area contributed by atoms with Crippen molar-refractivity contribution in [2.75, 3.05) is 47.0 Å². The summed E-state index contributed by atoms with van der Waals surface area (Å²) in [7, 11) is 3.56. The molecule has 1 atom stereocenters. The van der Waals surface area contributed by atoms with Crippen LogP contribution in [0.3, 0.4) is 0 Å². The number of ether oxygens (including phenoxy) is 2. The molecule has 0 aromatic heterocycles. The number of methoxy groups -OCH3 is 1. The quantitative estimate of drug-likeness (QED) is 0.495. The number of benzene rings is 1. The molecule has 2 rings (SSSR count). The Labute approximate surface area is 137 Å². The first-order chi connectivity index (χ1) is 10.7. The molecule has 22 heavy (non-hydrogen) atoms. The zero-order valence-electron chi connectivity index (χ0n) is 13.2. The lowest BCUT2D eigenvalue weighted by Gasteiger charge is -2.21. The van der Waals surface area contributed by atoms with Gasteiger partial charge < -0.3 is 19.7 Å². The maximum absolute atomic E-state index is 5.92. The van der Waals surface area contributed by atoms with Crippen LogP contribution >= 0.6 is 11.6 Å². The maximum Gasteiger partial charge on any atom is 0.193 e. The fraction of sp³-hybridized carbons (Fsp3) is 0.562. The monoisotopic (exact) mass is 325 g/mol. The van der Waals surface area contributed by atoms with Crippen LogP contribution < -0.4 is 10.1 Å². The fourth-order valence-corrected chi connectivity index (χ4v) is 2.80. The highest BCUT2D eigenvalue weighted by Crippen LogP contribution is 2.17. The Balaban J connectivity index is 1.71. The topological polar surface area (TPSA) is 46.1 Å². The van der Waals surface area contributed by atoms with Gasteiger partial charge in [-0.1, -0.05) is 17.7 Å². The van der Waals surface area contributed by atoms with E-state index in [9.17, 15) is 0 Å². The smallest absolute Gasteiger partial charge is 0.193 e. The van der Waals surface area contributed by atoms with Crippen molar-refractivity contribution in [2.24, 2.45) is 10.9 Å². The number of likely N-dealkylation sites (tertiary alicyclic amines) is 1. The molecule has 1 saturated heterocycles. The SMILES string of the molecule is CN=C(NCCOc1cccc(Cl)c1)N1CCC(COC)C1. The molecule has 1 fully saturated rings. The molecule has 0 amide bonds.